The standard InChI is InChI=1S/C12H13NO3/c1-12(2,15)11(14)13-9-4-3-5-10-8(9)6-7-16-10/h3-7,15H,1-2H3,(H,13,14). The molecule has 0 fully saturated rings. The first-order valence-electron chi connectivity index (χ1n) is 4.98. The van der Waals surface area contributed by atoms with Gasteiger partial charge >= 0.3 is 0 Å². The van der Waals surface area contributed by atoms with Crippen LogP contribution in [0.4, 0.5) is 5.69 Å². The van der Waals surface area contributed by atoms with Crippen LogP contribution in [-0.2, 0) is 4.79 Å². The molecular formula is C12H13NO3. The number of hydrogen-bond acceptors (Lipinski definition) is 3. The molecule has 0 unspecified atom stereocenters. The van der Waals surface area contributed by atoms with Gasteiger partial charge in [-0.2, -0.15) is 0 Å². The number of carbonyl (C=O) groups excluding carboxylic acids is 1. The average Bonchev–Trinajstić information content (AvgIpc) is 2.65. The molecule has 0 saturated carbocycles. The number of rotatable bonds is 2. The van der Waals surface area contributed by atoms with Gasteiger partial charge in [0.1, 0.15) is 11.2 Å². The minimum Gasteiger partial charge on any atom is -0.464 e. The summed E-state index contributed by atoms with van der Waals surface area (Å²) in [6, 6.07) is 7.14. The number of benzene rings is 1. The second-order valence-electron chi connectivity index (χ2n) is 4.15. The van der Waals surface area contributed by atoms with E-state index >= 15 is 0 Å². The van der Waals surface area contributed by atoms with Crippen LogP contribution in [0.15, 0.2) is 34.9 Å². The predicted molar refractivity (Wildman–Crippen MR) is 61.1 cm³/mol. The molecule has 2 aromatic rings. The zero-order valence-corrected chi connectivity index (χ0v) is 9.15. The third-order valence-electron chi connectivity index (χ3n) is 2.30. The van der Waals surface area contributed by atoms with E-state index in [1.54, 1.807) is 24.5 Å². The molecule has 0 saturated heterocycles. The number of carbonyl (C=O) groups is 1. The maximum absolute atomic E-state index is 11.6. The maximum atomic E-state index is 11.6. The zero-order valence-electron chi connectivity index (χ0n) is 9.15. The number of amides is 1. The van der Waals surface area contributed by atoms with Gasteiger partial charge in [-0.25, -0.2) is 0 Å². The number of nitrogens with one attached hydrogen (secondary N) is 1. The molecule has 0 aliphatic heterocycles. The Hall–Kier alpha value is -1.81. The maximum Gasteiger partial charge on any atom is 0.255 e. The van der Waals surface area contributed by atoms with Gasteiger partial charge in [0.15, 0.2) is 0 Å². The third-order valence-corrected chi connectivity index (χ3v) is 2.30. The van der Waals surface area contributed by atoms with E-state index in [1.807, 2.05) is 6.07 Å². The van der Waals surface area contributed by atoms with Crippen LogP contribution in [-0.4, -0.2) is 16.6 Å². The van der Waals surface area contributed by atoms with E-state index in [2.05, 4.69) is 5.32 Å². The molecule has 0 atom stereocenters. The van der Waals surface area contributed by atoms with Gasteiger partial charge in [0.05, 0.1) is 12.0 Å². The lowest BCUT2D eigenvalue weighted by molar-refractivity contribution is -0.130. The summed E-state index contributed by atoms with van der Waals surface area (Å²) in [7, 11) is 0. The highest BCUT2D eigenvalue weighted by Gasteiger charge is 2.24. The highest BCUT2D eigenvalue weighted by molar-refractivity contribution is 6.03. The fourth-order valence-corrected chi connectivity index (χ4v) is 1.38. The topological polar surface area (TPSA) is 62.5 Å². The lowest BCUT2D eigenvalue weighted by atomic mass is 10.1. The number of anilines is 1. The van der Waals surface area contributed by atoms with Gasteiger partial charge in [-0.1, -0.05) is 6.07 Å². The second-order valence-corrected chi connectivity index (χ2v) is 4.15. The predicted octanol–water partition coefficient (Wildman–Crippen LogP) is 2.14. The van der Waals surface area contributed by atoms with Crippen molar-refractivity contribution in [1.82, 2.24) is 0 Å². The van der Waals surface area contributed by atoms with Crippen LogP contribution in [0.1, 0.15) is 13.8 Å². The summed E-state index contributed by atoms with van der Waals surface area (Å²) in [5, 5.41) is 13.0. The molecule has 0 spiro atoms. The lowest BCUT2D eigenvalue weighted by Gasteiger charge is -2.16. The van der Waals surface area contributed by atoms with Gasteiger partial charge in [-0.3, -0.25) is 4.79 Å². The summed E-state index contributed by atoms with van der Waals surface area (Å²) in [6.07, 6.45) is 1.56. The highest BCUT2D eigenvalue weighted by atomic mass is 16.3. The summed E-state index contributed by atoms with van der Waals surface area (Å²) in [4.78, 5) is 11.6. The molecule has 4 heteroatoms. The second kappa shape index (κ2) is 3.64. The Kier molecular flexibility index (Phi) is 2.44. The van der Waals surface area contributed by atoms with Crippen LogP contribution >= 0.6 is 0 Å². The van der Waals surface area contributed by atoms with Crippen molar-refractivity contribution in [2.75, 3.05) is 5.32 Å². The van der Waals surface area contributed by atoms with Crippen molar-refractivity contribution in [3.8, 4) is 0 Å². The summed E-state index contributed by atoms with van der Waals surface area (Å²) >= 11 is 0. The van der Waals surface area contributed by atoms with Gasteiger partial charge in [0.2, 0.25) is 0 Å². The largest absolute Gasteiger partial charge is 0.464 e. The Labute approximate surface area is 92.9 Å². The quantitative estimate of drug-likeness (QED) is 0.813. The van der Waals surface area contributed by atoms with E-state index in [1.165, 1.54) is 13.8 Å². The first-order chi connectivity index (χ1) is 7.48. The molecule has 2 rings (SSSR count). The molecule has 16 heavy (non-hydrogen) atoms. The van der Waals surface area contributed by atoms with E-state index in [0.717, 1.165) is 5.39 Å². The van der Waals surface area contributed by atoms with E-state index in [9.17, 15) is 9.90 Å². The third kappa shape index (κ3) is 1.92. The molecule has 4 nitrogen and oxygen atoms in total. The summed E-state index contributed by atoms with van der Waals surface area (Å²) < 4.78 is 5.21. The molecule has 1 heterocycles. The monoisotopic (exact) mass is 219 g/mol. The minimum absolute atomic E-state index is 0.443. The van der Waals surface area contributed by atoms with Crippen LogP contribution in [0.2, 0.25) is 0 Å². The molecule has 0 radical (unpaired) electrons. The molecule has 0 aliphatic carbocycles. The van der Waals surface area contributed by atoms with Crippen molar-refractivity contribution >= 4 is 22.6 Å². The molecule has 0 aliphatic rings. The number of fused-ring (bicyclic) bond motifs is 1. The van der Waals surface area contributed by atoms with Gasteiger partial charge in [0.25, 0.3) is 5.91 Å². The molecule has 2 N–H and O–H groups in total. The van der Waals surface area contributed by atoms with E-state index in [0.29, 0.717) is 11.3 Å². The van der Waals surface area contributed by atoms with E-state index in [4.69, 9.17) is 4.42 Å². The summed E-state index contributed by atoms with van der Waals surface area (Å²) in [6.45, 7) is 2.88. The van der Waals surface area contributed by atoms with Crippen LogP contribution in [0.25, 0.3) is 11.0 Å². The van der Waals surface area contributed by atoms with Crippen LogP contribution in [0, 0.1) is 0 Å². The van der Waals surface area contributed by atoms with E-state index in [-0.39, 0.29) is 0 Å². The van der Waals surface area contributed by atoms with Gasteiger partial charge < -0.3 is 14.8 Å². The molecule has 0 bridgehead atoms. The number of hydrogen-bond donors (Lipinski definition) is 2. The van der Waals surface area contributed by atoms with Crippen molar-refractivity contribution in [2.45, 2.75) is 19.4 Å². The Balaban J connectivity index is 2.35. The Bertz CT molecular complexity index is 522. The molecule has 1 aromatic heterocycles. The first-order valence-corrected chi connectivity index (χ1v) is 4.98. The summed E-state index contributed by atoms with van der Waals surface area (Å²) in [5.41, 5.74) is -0.0572. The zero-order chi connectivity index (χ0) is 11.8. The fourth-order valence-electron chi connectivity index (χ4n) is 1.38. The van der Waals surface area contributed by atoms with Gasteiger partial charge in [-0.15, -0.1) is 0 Å². The Morgan fingerprint density at radius 1 is 1.38 bits per heavy atom. The first kappa shape index (κ1) is 10.7. The Morgan fingerprint density at radius 3 is 2.81 bits per heavy atom. The lowest BCUT2D eigenvalue weighted by Crippen LogP contribution is -2.36. The number of furan rings is 1. The van der Waals surface area contributed by atoms with Crippen molar-refractivity contribution in [2.24, 2.45) is 0 Å². The van der Waals surface area contributed by atoms with Gasteiger partial charge in [-0.05, 0) is 32.0 Å². The van der Waals surface area contributed by atoms with Crippen molar-refractivity contribution in [1.29, 1.82) is 0 Å². The Morgan fingerprint density at radius 2 is 2.12 bits per heavy atom. The molecule has 1 amide bonds. The van der Waals surface area contributed by atoms with Crippen molar-refractivity contribution in [3.63, 3.8) is 0 Å². The van der Waals surface area contributed by atoms with Crippen LogP contribution < -0.4 is 5.32 Å². The van der Waals surface area contributed by atoms with Crippen molar-refractivity contribution < 1.29 is 14.3 Å². The summed E-state index contributed by atoms with van der Waals surface area (Å²) in [5.74, 6) is -0.443. The minimum atomic E-state index is -1.40. The van der Waals surface area contributed by atoms with Gasteiger partial charge in [0, 0.05) is 5.39 Å². The highest BCUT2D eigenvalue weighted by Crippen LogP contribution is 2.24. The SMILES string of the molecule is CC(C)(O)C(=O)Nc1cccc2occc12. The van der Waals surface area contributed by atoms with Crippen LogP contribution in [0.3, 0.4) is 0 Å². The molecular weight excluding hydrogens is 206 g/mol. The smallest absolute Gasteiger partial charge is 0.255 e. The normalized spacial score (nSPS) is 11.7. The number of aliphatic hydroxyl groups is 1. The van der Waals surface area contributed by atoms with Crippen molar-refractivity contribution in [3.05, 3.63) is 30.5 Å². The molecule has 84 valence electrons. The van der Waals surface area contributed by atoms with E-state index < -0.39 is 11.5 Å². The average molecular weight is 219 g/mol. The fraction of sp³-hybridized carbons (Fsp3) is 0.250. The molecule has 1 aromatic carbocycles. The van der Waals surface area contributed by atoms with Crippen LogP contribution in [0.5, 0.6) is 0 Å².